The molecule has 0 N–H and O–H groups in total. The molecule has 0 bridgehead atoms. The molecule has 0 aliphatic carbocycles. The van der Waals surface area contributed by atoms with Gasteiger partial charge < -0.3 is 9.47 Å². The van der Waals surface area contributed by atoms with E-state index in [2.05, 4.69) is 20.8 Å². The highest BCUT2D eigenvalue weighted by Crippen LogP contribution is 2.27. The van der Waals surface area contributed by atoms with E-state index in [9.17, 15) is 0 Å². The van der Waals surface area contributed by atoms with E-state index in [4.69, 9.17) is 9.47 Å². The molecule has 0 amide bonds. The van der Waals surface area contributed by atoms with Crippen molar-refractivity contribution in [2.45, 2.75) is 38.9 Å². The Kier molecular flexibility index (Phi) is 1.78. The third-order valence-electron chi connectivity index (χ3n) is 2.27. The predicted molar refractivity (Wildman–Crippen MR) is 35.2 cm³/mol. The Balaban J connectivity index is 2.56. The van der Waals surface area contributed by atoms with E-state index >= 15 is 0 Å². The lowest BCUT2D eigenvalue weighted by atomic mass is 9.98. The third kappa shape index (κ3) is 1.10. The van der Waals surface area contributed by atoms with E-state index in [-0.39, 0.29) is 11.7 Å². The topological polar surface area (TPSA) is 18.5 Å². The fourth-order valence-electron chi connectivity index (χ4n) is 0.954. The minimum absolute atomic E-state index is 0.0278. The fraction of sp³-hybridized carbons (Fsp3) is 1.00. The molecule has 0 aromatic heterocycles. The van der Waals surface area contributed by atoms with E-state index in [0.29, 0.717) is 6.79 Å². The molecule has 1 saturated heterocycles. The van der Waals surface area contributed by atoms with Gasteiger partial charge in [0, 0.05) is 0 Å². The van der Waals surface area contributed by atoms with E-state index in [1.807, 2.05) is 0 Å². The van der Waals surface area contributed by atoms with Gasteiger partial charge in [0.25, 0.3) is 0 Å². The molecule has 1 aliphatic rings. The summed E-state index contributed by atoms with van der Waals surface area (Å²) in [5, 5.41) is 0. The van der Waals surface area contributed by atoms with Crippen molar-refractivity contribution in [3.8, 4) is 0 Å². The smallest absolute Gasteiger partial charge is 0.148 e. The summed E-state index contributed by atoms with van der Waals surface area (Å²) in [6, 6.07) is 0. The highest BCUT2D eigenvalue weighted by molar-refractivity contribution is 4.83. The van der Waals surface area contributed by atoms with Gasteiger partial charge >= 0.3 is 0 Å². The molecule has 1 rings (SSSR count). The summed E-state index contributed by atoms with van der Waals surface area (Å²) < 4.78 is 10.6. The first-order chi connectivity index (χ1) is 4.19. The molecule has 2 heteroatoms. The number of ether oxygens (including phenoxy) is 2. The minimum Gasteiger partial charge on any atom is -0.349 e. The van der Waals surface area contributed by atoms with Gasteiger partial charge in [-0.15, -0.1) is 0 Å². The molecule has 1 fully saturated rings. The monoisotopic (exact) mass is 130 g/mol. The van der Waals surface area contributed by atoms with E-state index < -0.39 is 0 Å². The lowest BCUT2D eigenvalue weighted by Crippen LogP contribution is -2.33. The van der Waals surface area contributed by atoms with Crippen molar-refractivity contribution in [3.63, 3.8) is 0 Å². The second kappa shape index (κ2) is 2.27. The van der Waals surface area contributed by atoms with Gasteiger partial charge in [-0.25, -0.2) is 0 Å². The van der Waals surface area contributed by atoms with Gasteiger partial charge in [-0.2, -0.15) is 0 Å². The molecular formula is C7H14O2. The van der Waals surface area contributed by atoms with Crippen LogP contribution in [0.5, 0.6) is 0 Å². The van der Waals surface area contributed by atoms with Gasteiger partial charge in [0.05, 0.1) is 11.7 Å². The largest absolute Gasteiger partial charge is 0.349 e. The van der Waals surface area contributed by atoms with Gasteiger partial charge in [0.1, 0.15) is 6.79 Å². The second-order valence-electron chi connectivity index (χ2n) is 2.74. The van der Waals surface area contributed by atoms with Gasteiger partial charge in [-0.3, -0.25) is 0 Å². The molecule has 9 heavy (non-hydrogen) atoms. The minimum atomic E-state index is -0.0278. The molecule has 0 aromatic rings. The maximum Gasteiger partial charge on any atom is 0.148 e. The molecule has 0 saturated carbocycles. The van der Waals surface area contributed by atoms with Gasteiger partial charge in [-0.1, -0.05) is 6.92 Å². The summed E-state index contributed by atoms with van der Waals surface area (Å²) in [5.74, 6) is 0. The maximum atomic E-state index is 5.38. The van der Waals surface area contributed by atoms with E-state index in [1.165, 1.54) is 0 Å². The third-order valence-corrected chi connectivity index (χ3v) is 2.27. The van der Waals surface area contributed by atoms with Crippen molar-refractivity contribution >= 4 is 0 Å². The van der Waals surface area contributed by atoms with Crippen LogP contribution in [0.4, 0.5) is 0 Å². The SMILES string of the molecule is CC[C@]1(C)OCO[C@@H]1C. The maximum absolute atomic E-state index is 5.38. The summed E-state index contributed by atoms with van der Waals surface area (Å²) >= 11 is 0. The molecular weight excluding hydrogens is 116 g/mol. The number of hydrogen-bond acceptors (Lipinski definition) is 2. The lowest BCUT2D eigenvalue weighted by molar-refractivity contribution is -0.000522. The highest BCUT2D eigenvalue weighted by Gasteiger charge is 2.36. The first-order valence-electron chi connectivity index (χ1n) is 3.44. The Morgan fingerprint density at radius 1 is 1.67 bits per heavy atom. The van der Waals surface area contributed by atoms with Crippen LogP contribution in [0, 0.1) is 0 Å². The molecule has 2 atom stereocenters. The van der Waals surface area contributed by atoms with Crippen molar-refractivity contribution in [1.82, 2.24) is 0 Å². The first-order valence-corrected chi connectivity index (χ1v) is 3.44. The first kappa shape index (κ1) is 7.03. The number of hydrogen-bond donors (Lipinski definition) is 0. The van der Waals surface area contributed by atoms with Crippen molar-refractivity contribution in [1.29, 1.82) is 0 Å². The van der Waals surface area contributed by atoms with Crippen molar-refractivity contribution in [2.75, 3.05) is 6.79 Å². The Morgan fingerprint density at radius 2 is 2.33 bits per heavy atom. The van der Waals surface area contributed by atoms with Crippen LogP contribution in [-0.4, -0.2) is 18.5 Å². The van der Waals surface area contributed by atoms with Crippen LogP contribution >= 0.6 is 0 Å². The predicted octanol–water partition coefficient (Wildman–Crippen LogP) is 1.55. The molecule has 1 heterocycles. The van der Waals surface area contributed by atoms with Crippen molar-refractivity contribution < 1.29 is 9.47 Å². The Labute approximate surface area is 56.2 Å². The van der Waals surface area contributed by atoms with Crippen molar-refractivity contribution in [3.05, 3.63) is 0 Å². The average molecular weight is 130 g/mol. The molecule has 54 valence electrons. The fourth-order valence-corrected chi connectivity index (χ4v) is 0.954. The standard InChI is InChI=1S/C7H14O2/c1-4-7(3)6(2)8-5-9-7/h6H,4-5H2,1-3H3/t6-,7+/m1/s1. The summed E-state index contributed by atoms with van der Waals surface area (Å²) in [5.41, 5.74) is -0.0278. The zero-order valence-corrected chi connectivity index (χ0v) is 6.31. The summed E-state index contributed by atoms with van der Waals surface area (Å²) in [6.07, 6.45) is 1.27. The van der Waals surface area contributed by atoms with Crippen LogP contribution in [-0.2, 0) is 9.47 Å². The van der Waals surface area contributed by atoms with Crippen molar-refractivity contribution in [2.24, 2.45) is 0 Å². The van der Waals surface area contributed by atoms with Crippen LogP contribution in [0.2, 0.25) is 0 Å². The van der Waals surface area contributed by atoms with Gasteiger partial charge in [-0.05, 0) is 20.3 Å². The molecule has 1 aliphatic heterocycles. The average Bonchev–Trinajstić information content (AvgIpc) is 2.15. The Hall–Kier alpha value is -0.0800. The van der Waals surface area contributed by atoms with E-state index in [0.717, 1.165) is 6.42 Å². The van der Waals surface area contributed by atoms with Crippen LogP contribution in [0.15, 0.2) is 0 Å². The highest BCUT2D eigenvalue weighted by atomic mass is 16.7. The number of rotatable bonds is 1. The van der Waals surface area contributed by atoms with Crippen LogP contribution in [0.1, 0.15) is 27.2 Å². The quantitative estimate of drug-likeness (QED) is 0.536. The van der Waals surface area contributed by atoms with Gasteiger partial charge in [0.15, 0.2) is 0 Å². The molecule has 0 aromatic carbocycles. The van der Waals surface area contributed by atoms with Crippen LogP contribution in [0.3, 0.4) is 0 Å². The summed E-state index contributed by atoms with van der Waals surface area (Å²) in [7, 11) is 0. The molecule has 0 unspecified atom stereocenters. The summed E-state index contributed by atoms with van der Waals surface area (Å²) in [4.78, 5) is 0. The lowest BCUT2D eigenvalue weighted by Gasteiger charge is -2.23. The van der Waals surface area contributed by atoms with Crippen LogP contribution in [0.25, 0.3) is 0 Å². The normalized spacial score (nSPS) is 43.7. The van der Waals surface area contributed by atoms with Gasteiger partial charge in [0.2, 0.25) is 0 Å². The Morgan fingerprint density at radius 3 is 2.56 bits per heavy atom. The van der Waals surface area contributed by atoms with Crippen LogP contribution < -0.4 is 0 Å². The Bertz CT molecular complexity index is 103. The second-order valence-corrected chi connectivity index (χ2v) is 2.74. The molecule has 2 nitrogen and oxygen atoms in total. The molecule has 0 spiro atoms. The van der Waals surface area contributed by atoms with E-state index in [1.54, 1.807) is 0 Å². The zero-order chi connectivity index (χ0) is 6.91. The zero-order valence-electron chi connectivity index (χ0n) is 6.31. The molecule has 0 radical (unpaired) electrons. The summed E-state index contributed by atoms with van der Waals surface area (Å²) in [6.45, 7) is 6.72.